The molecule has 4 heteroatoms. The highest BCUT2D eigenvalue weighted by Gasteiger charge is 2.24. The zero-order valence-corrected chi connectivity index (χ0v) is 9.16. The summed E-state index contributed by atoms with van der Waals surface area (Å²) in [6.45, 7) is 0.538. The summed E-state index contributed by atoms with van der Waals surface area (Å²) in [6, 6.07) is 3.84. The van der Waals surface area contributed by atoms with E-state index in [0.717, 1.165) is 5.69 Å². The molecule has 0 saturated heterocycles. The molecule has 1 amide bonds. The minimum absolute atomic E-state index is 0.0210. The second-order valence-corrected chi connectivity index (χ2v) is 4.23. The van der Waals surface area contributed by atoms with Gasteiger partial charge >= 0.3 is 0 Å². The summed E-state index contributed by atoms with van der Waals surface area (Å²) < 4.78 is 0. The first-order valence-corrected chi connectivity index (χ1v) is 5.67. The first-order valence-electron chi connectivity index (χ1n) is 5.67. The minimum Gasteiger partial charge on any atom is -0.364 e. The number of aromatic amines is 1. The van der Waals surface area contributed by atoms with Gasteiger partial charge in [0.1, 0.15) is 5.78 Å². The van der Waals surface area contributed by atoms with Crippen LogP contribution < -0.4 is 5.32 Å². The lowest BCUT2D eigenvalue weighted by Crippen LogP contribution is -2.32. The molecule has 0 aromatic carbocycles. The van der Waals surface area contributed by atoms with E-state index in [4.69, 9.17) is 0 Å². The summed E-state index contributed by atoms with van der Waals surface area (Å²) in [7, 11) is 0. The number of aromatic nitrogens is 1. The number of H-pyrrole nitrogens is 1. The minimum atomic E-state index is 0.0210. The number of hydrogen-bond acceptors (Lipinski definition) is 2. The molecule has 0 atom stereocenters. The Morgan fingerprint density at radius 3 is 2.81 bits per heavy atom. The van der Waals surface area contributed by atoms with Gasteiger partial charge in [-0.2, -0.15) is 0 Å². The molecule has 1 aliphatic carbocycles. The van der Waals surface area contributed by atoms with Crippen LogP contribution in [0.1, 0.15) is 31.4 Å². The zero-order chi connectivity index (χ0) is 11.4. The van der Waals surface area contributed by atoms with Crippen molar-refractivity contribution in [2.24, 2.45) is 5.92 Å². The summed E-state index contributed by atoms with van der Waals surface area (Å²) in [5.41, 5.74) is 1.00. The Morgan fingerprint density at radius 1 is 1.44 bits per heavy atom. The quantitative estimate of drug-likeness (QED) is 0.808. The molecule has 0 spiro atoms. The van der Waals surface area contributed by atoms with Crippen LogP contribution in [0.2, 0.25) is 0 Å². The van der Waals surface area contributed by atoms with Crippen LogP contribution in [-0.4, -0.2) is 16.7 Å². The Morgan fingerprint density at radius 2 is 2.19 bits per heavy atom. The van der Waals surface area contributed by atoms with Gasteiger partial charge in [0.15, 0.2) is 0 Å². The van der Waals surface area contributed by atoms with Gasteiger partial charge in [-0.3, -0.25) is 9.59 Å². The number of nitrogens with one attached hydrogen (secondary N) is 2. The van der Waals surface area contributed by atoms with Gasteiger partial charge in [0.05, 0.1) is 6.54 Å². The fourth-order valence-corrected chi connectivity index (χ4v) is 2.01. The molecule has 1 aliphatic rings. The number of carbonyl (C=O) groups is 2. The monoisotopic (exact) mass is 220 g/mol. The Hall–Kier alpha value is -1.58. The van der Waals surface area contributed by atoms with E-state index in [1.807, 2.05) is 18.3 Å². The van der Waals surface area contributed by atoms with Crippen molar-refractivity contribution in [2.75, 3.05) is 0 Å². The highest BCUT2D eigenvalue weighted by molar-refractivity contribution is 5.84. The van der Waals surface area contributed by atoms with Crippen LogP contribution in [-0.2, 0) is 16.1 Å². The van der Waals surface area contributed by atoms with E-state index in [1.165, 1.54) is 0 Å². The van der Waals surface area contributed by atoms with Crippen molar-refractivity contribution in [3.63, 3.8) is 0 Å². The molecule has 4 nitrogen and oxygen atoms in total. The molecule has 0 unspecified atom stereocenters. The van der Waals surface area contributed by atoms with Crippen molar-refractivity contribution in [1.82, 2.24) is 10.3 Å². The lowest BCUT2D eigenvalue weighted by molar-refractivity contribution is -0.128. The smallest absolute Gasteiger partial charge is 0.223 e. The number of ketones is 1. The van der Waals surface area contributed by atoms with Gasteiger partial charge in [0, 0.05) is 30.7 Å². The van der Waals surface area contributed by atoms with E-state index >= 15 is 0 Å². The topological polar surface area (TPSA) is 62.0 Å². The molecular formula is C12H16N2O2. The fraction of sp³-hybridized carbons (Fsp3) is 0.500. The third kappa shape index (κ3) is 2.72. The van der Waals surface area contributed by atoms with E-state index in [1.54, 1.807) is 0 Å². The number of amides is 1. The molecule has 16 heavy (non-hydrogen) atoms. The first-order chi connectivity index (χ1) is 7.75. The summed E-state index contributed by atoms with van der Waals surface area (Å²) in [4.78, 5) is 25.8. The van der Waals surface area contributed by atoms with Crippen molar-refractivity contribution in [2.45, 2.75) is 32.2 Å². The molecule has 1 aromatic rings. The standard InChI is InChI=1S/C12H16N2O2/c15-11-5-3-9(4-6-11)12(16)14-8-10-2-1-7-13-10/h1-2,7,9,13H,3-6,8H2,(H,14,16). The predicted octanol–water partition coefficient (Wildman–Crippen LogP) is 1.39. The Bertz CT molecular complexity index is 360. The second-order valence-electron chi connectivity index (χ2n) is 4.23. The normalized spacial score (nSPS) is 17.4. The Balaban J connectivity index is 1.77. The largest absolute Gasteiger partial charge is 0.364 e. The summed E-state index contributed by atoms with van der Waals surface area (Å²) in [6.07, 6.45) is 4.35. The number of Topliss-reactive ketones (excluding diaryl/α,β-unsaturated/α-hetero) is 1. The fourth-order valence-electron chi connectivity index (χ4n) is 2.01. The highest BCUT2D eigenvalue weighted by Crippen LogP contribution is 2.21. The molecule has 1 fully saturated rings. The first kappa shape index (κ1) is 10.9. The van der Waals surface area contributed by atoms with Crippen LogP contribution in [0.3, 0.4) is 0 Å². The van der Waals surface area contributed by atoms with Crippen LogP contribution in [0.5, 0.6) is 0 Å². The average molecular weight is 220 g/mol. The van der Waals surface area contributed by atoms with E-state index in [0.29, 0.717) is 32.2 Å². The van der Waals surface area contributed by atoms with Crippen molar-refractivity contribution in [3.05, 3.63) is 24.0 Å². The maximum Gasteiger partial charge on any atom is 0.223 e. The number of hydrogen-bond donors (Lipinski definition) is 2. The van der Waals surface area contributed by atoms with Gasteiger partial charge in [-0.05, 0) is 25.0 Å². The van der Waals surface area contributed by atoms with Crippen molar-refractivity contribution in [3.8, 4) is 0 Å². The molecule has 2 N–H and O–H groups in total. The molecule has 86 valence electrons. The van der Waals surface area contributed by atoms with Gasteiger partial charge in [0.2, 0.25) is 5.91 Å². The lowest BCUT2D eigenvalue weighted by atomic mass is 9.88. The Labute approximate surface area is 94.4 Å². The van der Waals surface area contributed by atoms with E-state index in [2.05, 4.69) is 10.3 Å². The Kier molecular flexibility index (Phi) is 3.39. The second kappa shape index (κ2) is 4.96. The van der Waals surface area contributed by atoms with Gasteiger partial charge in [0.25, 0.3) is 0 Å². The summed E-state index contributed by atoms with van der Waals surface area (Å²) in [5, 5.41) is 2.89. The van der Waals surface area contributed by atoms with Crippen LogP contribution in [0.4, 0.5) is 0 Å². The third-order valence-electron chi connectivity index (χ3n) is 3.03. The van der Waals surface area contributed by atoms with Gasteiger partial charge in [-0.25, -0.2) is 0 Å². The summed E-state index contributed by atoms with van der Waals surface area (Å²) >= 11 is 0. The molecule has 2 rings (SSSR count). The van der Waals surface area contributed by atoms with Crippen LogP contribution in [0.15, 0.2) is 18.3 Å². The highest BCUT2D eigenvalue weighted by atomic mass is 16.2. The van der Waals surface area contributed by atoms with Crippen molar-refractivity contribution < 1.29 is 9.59 Å². The number of rotatable bonds is 3. The third-order valence-corrected chi connectivity index (χ3v) is 3.03. The van der Waals surface area contributed by atoms with E-state index < -0.39 is 0 Å². The molecule has 1 heterocycles. The molecular weight excluding hydrogens is 204 g/mol. The van der Waals surface area contributed by atoms with E-state index in [-0.39, 0.29) is 17.6 Å². The maximum atomic E-state index is 11.8. The molecule has 0 radical (unpaired) electrons. The maximum absolute atomic E-state index is 11.8. The van der Waals surface area contributed by atoms with E-state index in [9.17, 15) is 9.59 Å². The molecule has 0 aliphatic heterocycles. The lowest BCUT2D eigenvalue weighted by Gasteiger charge is -2.19. The van der Waals surface area contributed by atoms with Gasteiger partial charge in [-0.15, -0.1) is 0 Å². The molecule has 1 saturated carbocycles. The van der Waals surface area contributed by atoms with Crippen molar-refractivity contribution in [1.29, 1.82) is 0 Å². The SMILES string of the molecule is O=C1CCC(C(=O)NCc2ccc[nH]2)CC1. The number of carbonyl (C=O) groups excluding carboxylic acids is 2. The van der Waals surface area contributed by atoms with Crippen molar-refractivity contribution >= 4 is 11.7 Å². The van der Waals surface area contributed by atoms with Crippen LogP contribution in [0.25, 0.3) is 0 Å². The molecule has 0 bridgehead atoms. The zero-order valence-electron chi connectivity index (χ0n) is 9.16. The predicted molar refractivity (Wildman–Crippen MR) is 59.6 cm³/mol. The average Bonchev–Trinajstić information content (AvgIpc) is 2.80. The van der Waals surface area contributed by atoms with Crippen LogP contribution in [0, 0.1) is 5.92 Å². The summed E-state index contributed by atoms with van der Waals surface area (Å²) in [5.74, 6) is 0.378. The van der Waals surface area contributed by atoms with Gasteiger partial charge in [-0.1, -0.05) is 0 Å². The van der Waals surface area contributed by atoms with Crippen LogP contribution >= 0.6 is 0 Å². The van der Waals surface area contributed by atoms with Gasteiger partial charge < -0.3 is 10.3 Å². The molecule has 1 aromatic heterocycles.